The predicted octanol–water partition coefficient (Wildman–Crippen LogP) is -0.126. The van der Waals surface area contributed by atoms with E-state index >= 15 is 0 Å². The van der Waals surface area contributed by atoms with Gasteiger partial charge in [0.25, 0.3) is 10.1 Å². The van der Waals surface area contributed by atoms with Crippen LogP contribution < -0.4 is 5.32 Å². The molecule has 0 aromatic heterocycles. The average Bonchev–Trinajstić information content (AvgIpc) is 1.85. The number of hydrogen-bond donors (Lipinski definition) is 2. The summed E-state index contributed by atoms with van der Waals surface area (Å²) in [7, 11) is -3.75. The van der Waals surface area contributed by atoms with Crippen molar-refractivity contribution in [2.75, 3.05) is 18.8 Å². The Morgan fingerprint density at radius 3 is 2.36 bits per heavy atom. The highest BCUT2D eigenvalue weighted by Gasteiger charge is 2.18. The first-order valence-electron chi connectivity index (χ1n) is 3.74. The van der Waals surface area contributed by atoms with Crippen molar-refractivity contribution in [1.29, 1.82) is 0 Å². The fourth-order valence-electron chi connectivity index (χ4n) is 1.35. The Morgan fingerprint density at radius 1 is 1.36 bits per heavy atom. The molecule has 5 heteroatoms. The Balaban J connectivity index is 2.36. The molecule has 4 nitrogen and oxygen atoms in total. The van der Waals surface area contributed by atoms with Gasteiger partial charge in [-0.25, -0.2) is 0 Å². The van der Waals surface area contributed by atoms with Gasteiger partial charge in [0, 0.05) is 0 Å². The van der Waals surface area contributed by atoms with Crippen LogP contribution in [0.2, 0.25) is 0 Å². The third kappa shape index (κ3) is 3.69. The second kappa shape index (κ2) is 3.51. The van der Waals surface area contributed by atoms with Crippen LogP contribution in [0, 0.1) is 5.92 Å². The lowest BCUT2D eigenvalue weighted by molar-refractivity contribution is 0.388. The number of hydrogen-bond acceptors (Lipinski definition) is 3. The molecular weight excluding hydrogens is 166 g/mol. The molecule has 0 atom stereocenters. The molecule has 1 heterocycles. The maximum absolute atomic E-state index is 10.4. The van der Waals surface area contributed by atoms with Gasteiger partial charge in [0.05, 0.1) is 5.75 Å². The Labute approximate surface area is 66.7 Å². The number of nitrogens with one attached hydrogen (secondary N) is 1. The van der Waals surface area contributed by atoms with Crippen LogP contribution in [0.1, 0.15) is 12.8 Å². The van der Waals surface area contributed by atoms with Crippen LogP contribution in [0.25, 0.3) is 0 Å². The van der Waals surface area contributed by atoms with Gasteiger partial charge in [0.15, 0.2) is 0 Å². The molecule has 0 radical (unpaired) electrons. The van der Waals surface area contributed by atoms with Crippen molar-refractivity contribution in [2.45, 2.75) is 12.8 Å². The van der Waals surface area contributed by atoms with Crippen LogP contribution in [0.3, 0.4) is 0 Å². The van der Waals surface area contributed by atoms with Crippen molar-refractivity contribution in [3.63, 3.8) is 0 Å². The largest absolute Gasteiger partial charge is 0.317 e. The minimum absolute atomic E-state index is 0.0747. The molecule has 0 aromatic carbocycles. The zero-order valence-electron chi connectivity index (χ0n) is 6.28. The van der Waals surface area contributed by atoms with Gasteiger partial charge in [-0.15, -0.1) is 0 Å². The smallest absolute Gasteiger partial charge is 0.265 e. The summed E-state index contributed by atoms with van der Waals surface area (Å²) in [6.45, 7) is 1.72. The molecule has 1 saturated heterocycles. The van der Waals surface area contributed by atoms with E-state index in [9.17, 15) is 8.42 Å². The second-order valence-electron chi connectivity index (χ2n) is 2.94. The van der Waals surface area contributed by atoms with Crippen molar-refractivity contribution in [3.05, 3.63) is 0 Å². The minimum atomic E-state index is -3.75. The molecule has 1 aliphatic rings. The van der Waals surface area contributed by atoms with Crippen LogP contribution >= 0.6 is 0 Å². The lowest BCUT2D eigenvalue weighted by Gasteiger charge is -2.20. The van der Waals surface area contributed by atoms with Crippen molar-refractivity contribution >= 4 is 10.1 Å². The van der Waals surface area contributed by atoms with E-state index in [0.29, 0.717) is 0 Å². The molecule has 0 unspecified atom stereocenters. The normalized spacial score (nSPS) is 21.9. The predicted molar refractivity (Wildman–Crippen MR) is 42.0 cm³/mol. The number of rotatable bonds is 2. The SMILES string of the molecule is O=S(=O)(O)CC1CCNCC1. The molecule has 0 amide bonds. The van der Waals surface area contributed by atoms with Crippen LogP contribution in [0.15, 0.2) is 0 Å². The van der Waals surface area contributed by atoms with E-state index in [2.05, 4.69) is 5.32 Å². The Kier molecular flexibility index (Phi) is 2.86. The van der Waals surface area contributed by atoms with Crippen molar-refractivity contribution in [3.8, 4) is 0 Å². The Hall–Kier alpha value is -0.130. The summed E-state index contributed by atoms with van der Waals surface area (Å²) in [5.41, 5.74) is 0. The van der Waals surface area contributed by atoms with E-state index in [1.807, 2.05) is 0 Å². The molecule has 1 fully saturated rings. The molecule has 0 bridgehead atoms. The zero-order valence-corrected chi connectivity index (χ0v) is 7.10. The average molecular weight is 179 g/mol. The summed E-state index contributed by atoms with van der Waals surface area (Å²) >= 11 is 0. The van der Waals surface area contributed by atoms with Crippen LogP contribution in [0.4, 0.5) is 0 Å². The fourth-order valence-corrected chi connectivity index (χ4v) is 2.28. The molecule has 0 aromatic rings. The highest BCUT2D eigenvalue weighted by molar-refractivity contribution is 7.85. The molecule has 0 aliphatic carbocycles. The molecular formula is C6H13NO3S. The van der Waals surface area contributed by atoms with E-state index in [-0.39, 0.29) is 11.7 Å². The molecule has 11 heavy (non-hydrogen) atoms. The maximum atomic E-state index is 10.4. The summed E-state index contributed by atoms with van der Waals surface area (Å²) in [5.74, 6) is 0.0700. The summed E-state index contributed by atoms with van der Waals surface area (Å²) in [4.78, 5) is 0. The first kappa shape index (κ1) is 8.96. The first-order valence-corrected chi connectivity index (χ1v) is 5.35. The van der Waals surface area contributed by atoms with Crippen LogP contribution in [0.5, 0.6) is 0 Å². The molecule has 2 N–H and O–H groups in total. The molecule has 0 spiro atoms. The highest BCUT2D eigenvalue weighted by atomic mass is 32.2. The zero-order chi connectivity index (χ0) is 8.32. The topological polar surface area (TPSA) is 66.4 Å². The summed E-state index contributed by atoms with van der Waals surface area (Å²) < 4.78 is 29.4. The maximum Gasteiger partial charge on any atom is 0.265 e. The molecule has 0 saturated carbocycles. The highest BCUT2D eigenvalue weighted by Crippen LogP contribution is 2.12. The summed E-state index contributed by atoms with van der Waals surface area (Å²) in [6, 6.07) is 0. The van der Waals surface area contributed by atoms with Gasteiger partial charge < -0.3 is 5.32 Å². The quantitative estimate of drug-likeness (QED) is 0.580. The Morgan fingerprint density at radius 2 is 1.91 bits per heavy atom. The summed E-state index contributed by atoms with van der Waals surface area (Å²) in [5, 5.41) is 3.12. The first-order chi connectivity index (χ1) is 5.08. The van der Waals surface area contributed by atoms with Crippen LogP contribution in [-0.4, -0.2) is 31.8 Å². The van der Waals surface area contributed by atoms with E-state index in [1.54, 1.807) is 0 Å². The molecule has 66 valence electrons. The number of piperidine rings is 1. The lowest BCUT2D eigenvalue weighted by atomic mass is 10.0. The van der Waals surface area contributed by atoms with Gasteiger partial charge in [-0.2, -0.15) is 8.42 Å². The van der Waals surface area contributed by atoms with Gasteiger partial charge in [0.2, 0.25) is 0 Å². The van der Waals surface area contributed by atoms with E-state index in [4.69, 9.17) is 4.55 Å². The molecule has 1 aliphatic heterocycles. The van der Waals surface area contributed by atoms with Gasteiger partial charge in [-0.3, -0.25) is 4.55 Å². The monoisotopic (exact) mass is 179 g/mol. The third-order valence-corrected chi connectivity index (χ3v) is 2.80. The third-order valence-electron chi connectivity index (χ3n) is 1.91. The van der Waals surface area contributed by atoms with E-state index in [1.165, 1.54) is 0 Å². The van der Waals surface area contributed by atoms with E-state index < -0.39 is 10.1 Å². The van der Waals surface area contributed by atoms with Crippen molar-refractivity contribution in [2.24, 2.45) is 5.92 Å². The second-order valence-corrected chi connectivity index (χ2v) is 4.44. The Bertz CT molecular complexity index is 206. The van der Waals surface area contributed by atoms with Crippen molar-refractivity contribution < 1.29 is 13.0 Å². The van der Waals surface area contributed by atoms with Crippen molar-refractivity contribution in [1.82, 2.24) is 5.32 Å². The van der Waals surface area contributed by atoms with Gasteiger partial charge in [-0.05, 0) is 31.8 Å². The minimum Gasteiger partial charge on any atom is -0.317 e. The summed E-state index contributed by atoms with van der Waals surface area (Å²) in [6.07, 6.45) is 1.69. The lowest BCUT2D eigenvalue weighted by Crippen LogP contribution is -2.31. The van der Waals surface area contributed by atoms with Gasteiger partial charge >= 0.3 is 0 Å². The standard InChI is InChI=1S/C6H13NO3S/c8-11(9,10)5-6-1-3-7-4-2-6/h6-7H,1-5H2,(H,8,9,10). The fraction of sp³-hybridized carbons (Fsp3) is 1.00. The van der Waals surface area contributed by atoms with E-state index in [0.717, 1.165) is 25.9 Å². The van der Waals surface area contributed by atoms with Gasteiger partial charge in [-0.1, -0.05) is 0 Å². The molecule has 1 rings (SSSR count). The van der Waals surface area contributed by atoms with Crippen LogP contribution in [-0.2, 0) is 10.1 Å². The van der Waals surface area contributed by atoms with Gasteiger partial charge in [0.1, 0.15) is 0 Å².